The minimum Gasteiger partial charge on any atom is -0.490 e. The first-order valence-corrected chi connectivity index (χ1v) is 9.03. The third kappa shape index (κ3) is 4.28. The third-order valence-electron chi connectivity index (χ3n) is 4.90. The summed E-state index contributed by atoms with van der Waals surface area (Å²) in [6.07, 6.45) is 7.93. The summed E-state index contributed by atoms with van der Waals surface area (Å²) in [4.78, 5) is 16.3. The van der Waals surface area contributed by atoms with Crippen LogP contribution in [0.25, 0.3) is 10.8 Å². The highest BCUT2D eigenvalue weighted by molar-refractivity contribution is 5.87. The van der Waals surface area contributed by atoms with Crippen molar-refractivity contribution in [2.24, 2.45) is 0 Å². The Morgan fingerprint density at radius 3 is 2.80 bits per heavy atom. The highest BCUT2D eigenvalue weighted by atomic mass is 16.5. The van der Waals surface area contributed by atoms with Crippen LogP contribution in [0.2, 0.25) is 0 Å². The van der Waals surface area contributed by atoms with Crippen LogP contribution >= 0.6 is 0 Å². The van der Waals surface area contributed by atoms with Crippen LogP contribution in [0.4, 0.5) is 0 Å². The number of benzene rings is 1. The van der Waals surface area contributed by atoms with Crippen molar-refractivity contribution in [3.63, 3.8) is 0 Å². The number of rotatable bonds is 6. The Morgan fingerprint density at radius 1 is 1.28 bits per heavy atom. The van der Waals surface area contributed by atoms with Crippen molar-refractivity contribution in [1.29, 1.82) is 0 Å². The second kappa shape index (κ2) is 8.30. The van der Waals surface area contributed by atoms with E-state index in [4.69, 9.17) is 9.47 Å². The molecule has 1 atom stereocenters. The molecule has 1 amide bonds. The van der Waals surface area contributed by atoms with Crippen LogP contribution in [-0.2, 0) is 9.53 Å². The molecule has 1 fully saturated rings. The van der Waals surface area contributed by atoms with Crippen LogP contribution in [0, 0.1) is 0 Å². The van der Waals surface area contributed by atoms with Crippen LogP contribution in [-0.4, -0.2) is 36.3 Å². The molecule has 1 aromatic heterocycles. The molecule has 0 bridgehead atoms. The van der Waals surface area contributed by atoms with Gasteiger partial charge in [0.05, 0.1) is 6.10 Å². The van der Waals surface area contributed by atoms with Gasteiger partial charge in [0.25, 0.3) is 0 Å². The first kappa shape index (κ1) is 17.7. The van der Waals surface area contributed by atoms with Crippen LogP contribution < -0.4 is 10.1 Å². The topological polar surface area (TPSA) is 60.5 Å². The van der Waals surface area contributed by atoms with Gasteiger partial charge in [-0.25, -0.2) is 0 Å². The van der Waals surface area contributed by atoms with Gasteiger partial charge in [-0.15, -0.1) is 0 Å². The predicted octanol–water partition coefficient (Wildman–Crippen LogP) is 3.47. The molecule has 0 aliphatic heterocycles. The number of carbonyl (C=O) groups excluding carboxylic acids is 1. The van der Waals surface area contributed by atoms with E-state index in [0.29, 0.717) is 6.42 Å². The second-order valence-corrected chi connectivity index (χ2v) is 6.59. The van der Waals surface area contributed by atoms with E-state index in [1.807, 2.05) is 37.4 Å². The Balaban J connectivity index is 1.55. The smallest absolute Gasteiger partial charge is 0.249 e. The number of hydrogen-bond donors (Lipinski definition) is 1. The van der Waals surface area contributed by atoms with Crippen molar-refractivity contribution in [3.8, 4) is 5.75 Å². The molecule has 1 N–H and O–H groups in total. The molecule has 1 saturated carbocycles. The summed E-state index contributed by atoms with van der Waals surface area (Å²) >= 11 is 0. The van der Waals surface area contributed by atoms with Crippen LogP contribution in [0.1, 0.15) is 39.0 Å². The molecule has 1 aliphatic rings. The molecule has 1 unspecified atom stereocenters. The molecular formula is C20H26N2O3. The summed E-state index contributed by atoms with van der Waals surface area (Å²) in [7, 11) is 1.58. The fraction of sp³-hybridized carbons (Fsp3) is 0.500. The monoisotopic (exact) mass is 342 g/mol. The van der Waals surface area contributed by atoms with Gasteiger partial charge in [-0.2, -0.15) is 0 Å². The lowest BCUT2D eigenvalue weighted by molar-refractivity contribution is -0.132. The lowest BCUT2D eigenvalue weighted by Crippen LogP contribution is -2.44. The number of aromatic nitrogens is 1. The highest BCUT2D eigenvalue weighted by Gasteiger charge is 2.26. The lowest BCUT2D eigenvalue weighted by Gasteiger charge is -2.30. The number of hydrogen-bond acceptors (Lipinski definition) is 4. The molecule has 1 heterocycles. The molecule has 0 saturated heterocycles. The van der Waals surface area contributed by atoms with Crippen molar-refractivity contribution in [3.05, 3.63) is 36.7 Å². The van der Waals surface area contributed by atoms with E-state index in [-0.39, 0.29) is 24.2 Å². The first-order chi connectivity index (χ1) is 12.2. The van der Waals surface area contributed by atoms with E-state index >= 15 is 0 Å². The lowest BCUT2D eigenvalue weighted by atomic mass is 9.92. The van der Waals surface area contributed by atoms with Gasteiger partial charge in [0.15, 0.2) is 0 Å². The van der Waals surface area contributed by atoms with Gasteiger partial charge < -0.3 is 14.8 Å². The number of methoxy groups -OCH3 is 1. The molecule has 0 spiro atoms. The Hall–Kier alpha value is -2.14. The van der Waals surface area contributed by atoms with Gasteiger partial charge in [-0.1, -0.05) is 19.1 Å². The molecule has 1 aliphatic carbocycles. The van der Waals surface area contributed by atoms with Crippen molar-refractivity contribution in [2.45, 2.75) is 57.3 Å². The first-order valence-electron chi connectivity index (χ1n) is 9.03. The zero-order chi connectivity index (χ0) is 17.6. The molecule has 5 heteroatoms. The van der Waals surface area contributed by atoms with Crippen LogP contribution in [0.15, 0.2) is 36.7 Å². The summed E-state index contributed by atoms with van der Waals surface area (Å²) < 4.78 is 11.4. The van der Waals surface area contributed by atoms with Gasteiger partial charge in [0, 0.05) is 36.3 Å². The molecule has 3 rings (SSSR count). The fourth-order valence-electron chi connectivity index (χ4n) is 3.45. The predicted molar refractivity (Wildman–Crippen MR) is 97.6 cm³/mol. The quantitative estimate of drug-likeness (QED) is 0.873. The van der Waals surface area contributed by atoms with Crippen molar-refractivity contribution >= 4 is 16.7 Å². The maximum atomic E-state index is 12.1. The number of carbonyl (C=O) groups is 1. The fourth-order valence-corrected chi connectivity index (χ4v) is 3.45. The summed E-state index contributed by atoms with van der Waals surface area (Å²) in [5.74, 6) is 0.911. The molecule has 1 aromatic carbocycles. The number of amides is 1. The van der Waals surface area contributed by atoms with Crippen LogP contribution in [0.5, 0.6) is 5.75 Å². The summed E-state index contributed by atoms with van der Waals surface area (Å²) in [6.45, 7) is 1.96. The number of pyridine rings is 1. The summed E-state index contributed by atoms with van der Waals surface area (Å²) in [5, 5.41) is 5.29. The minimum atomic E-state index is -0.349. The van der Waals surface area contributed by atoms with Crippen molar-refractivity contribution in [1.82, 2.24) is 10.3 Å². The van der Waals surface area contributed by atoms with Gasteiger partial charge >= 0.3 is 0 Å². The maximum Gasteiger partial charge on any atom is 0.249 e. The van der Waals surface area contributed by atoms with E-state index in [0.717, 1.165) is 42.2 Å². The largest absolute Gasteiger partial charge is 0.490 e. The number of fused-ring (bicyclic) bond motifs is 1. The summed E-state index contributed by atoms with van der Waals surface area (Å²) in [6, 6.07) is 8.27. The van der Waals surface area contributed by atoms with Gasteiger partial charge in [-0.05, 0) is 44.2 Å². The second-order valence-electron chi connectivity index (χ2n) is 6.59. The van der Waals surface area contributed by atoms with E-state index in [1.54, 1.807) is 13.3 Å². The maximum absolute atomic E-state index is 12.1. The van der Waals surface area contributed by atoms with E-state index in [2.05, 4.69) is 10.3 Å². The Kier molecular flexibility index (Phi) is 5.87. The average Bonchev–Trinajstić information content (AvgIpc) is 2.65. The zero-order valence-corrected chi connectivity index (χ0v) is 14.9. The van der Waals surface area contributed by atoms with Gasteiger partial charge in [0.2, 0.25) is 5.91 Å². The summed E-state index contributed by atoms with van der Waals surface area (Å²) in [5.41, 5.74) is 0. The SMILES string of the molecule is CCC(OC)C(=O)NC1CCC(Oc2cccc3cnccc23)CC1. The molecule has 2 aromatic rings. The molecule has 5 nitrogen and oxygen atoms in total. The Bertz CT molecular complexity index is 702. The molecular weight excluding hydrogens is 316 g/mol. The number of ether oxygens (including phenoxy) is 2. The Morgan fingerprint density at radius 2 is 2.08 bits per heavy atom. The molecule has 0 radical (unpaired) electrons. The zero-order valence-electron chi connectivity index (χ0n) is 14.9. The van der Waals surface area contributed by atoms with E-state index < -0.39 is 0 Å². The number of nitrogens with one attached hydrogen (secondary N) is 1. The standard InChI is InChI=1S/C20H26N2O3/c1-3-18(24-2)20(23)22-15-7-9-16(10-8-15)25-19-6-4-5-14-13-21-12-11-17(14)19/h4-6,11-13,15-16,18H,3,7-10H2,1-2H3,(H,22,23). The molecule has 25 heavy (non-hydrogen) atoms. The third-order valence-corrected chi connectivity index (χ3v) is 4.90. The van der Waals surface area contributed by atoms with Gasteiger partial charge in [-0.3, -0.25) is 9.78 Å². The average molecular weight is 342 g/mol. The number of nitrogens with zero attached hydrogens (tertiary/aromatic N) is 1. The van der Waals surface area contributed by atoms with Gasteiger partial charge in [0.1, 0.15) is 11.9 Å². The Labute approximate surface area is 148 Å². The normalized spacial score (nSPS) is 21.7. The van der Waals surface area contributed by atoms with Crippen LogP contribution in [0.3, 0.4) is 0 Å². The van der Waals surface area contributed by atoms with Crippen molar-refractivity contribution in [2.75, 3.05) is 7.11 Å². The van der Waals surface area contributed by atoms with E-state index in [1.165, 1.54) is 0 Å². The van der Waals surface area contributed by atoms with Crippen molar-refractivity contribution < 1.29 is 14.3 Å². The minimum absolute atomic E-state index is 0.00378. The molecule has 134 valence electrons. The highest BCUT2D eigenvalue weighted by Crippen LogP contribution is 2.29. The van der Waals surface area contributed by atoms with E-state index in [9.17, 15) is 4.79 Å².